The molecule has 0 unspecified atom stereocenters. The van der Waals surface area contributed by atoms with E-state index in [0.29, 0.717) is 0 Å². The van der Waals surface area contributed by atoms with Gasteiger partial charge in [0.2, 0.25) is 5.91 Å². The number of benzene rings is 2. The van der Waals surface area contributed by atoms with Gasteiger partial charge in [-0.15, -0.1) is 0 Å². The molecule has 1 fully saturated rings. The zero-order valence-corrected chi connectivity index (χ0v) is 14.6. The van der Waals surface area contributed by atoms with Gasteiger partial charge in [-0.2, -0.15) is 0 Å². The van der Waals surface area contributed by atoms with Crippen molar-refractivity contribution in [1.82, 2.24) is 0 Å². The van der Waals surface area contributed by atoms with E-state index < -0.39 is 5.41 Å². The summed E-state index contributed by atoms with van der Waals surface area (Å²) < 4.78 is 0. The highest BCUT2D eigenvalue weighted by atomic mass is 16.2. The molecule has 1 aliphatic rings. The SMILES string of the molecule is CC(C)(C(=O)Nc1ccc(N2CCCCC2)cc1)c1ccccc1. The van der Waals surface area contributed by atoms with Crippen molar-refractivity contribution < 1.29 is 4.79 Å². The number of rotatable bonds is 4. The van der Waals surface area contributed by atoms with Crippen molar-refractivity contribution in [2.45, 2.75) is 38.5 Å². The Morgan fingerprint density at radius 1 is 0.917 bits per heavy atom. The third-order valence-corrected chi connectivity index (χ3v) is 4.91. The van der Waals surface area contributed by atoms with Crippen LogP contribution in [0.3, 0.4) is 0 Å². The topological polar surface area (TPSA) is 32.3 Å². The summed E-state index contributed by atoms with van der Waals surface area (Å²) >= 11 is 0. The van der Waals surface area contributed by atoms with E-state index in [2.05, 4.69) is 22.3 Å². The molecule has 2 aromatic carbocycles. The second-order valence-corrected chi connectivity index (χ2v) is 7.04. The Bertz CT molecular complexity index is 671. The lowest BCUT2D eigenvalue weighted by molar-refractivity contribution is -0.120. The maximum atomic E-state index is 12.7. The summed E-state index contributed by atoms with van der Waals surface area (Å²) in [7, 11) is 0. The number of amides is 1. The Kier molecular flexibility index (Phi) is 4.89. The van der Waals surface area contributed by atoms with Crippen LogP contribution in [-0.4, -0.2) is 19.0 Å². The van der Waals surface area contributed by atoms with Gasteiger partial charge in [-0.3, -0.25) is 4.79 Å². The van der Waals surface area contributed by atoms with Crippen LogP contribution in [0.2, 0.25) is 0 Å². The standard InChI is InChI=1S/C21H26N2O/c1-21(2,17-9-5-3-6-10-17)20(24)22-18-11-13-19(14-12-18)23-15-7-4-8-16-23/h3,5-6,9-14H,4,7-8,15-16H2,1-2H3,(H,22,24). The molecule has 3 nitrogen and oxygen atoms in total. The third-order valence-electron chi connectivity index (χ3n) is 4.91. The molecule has 0 aliphatic carbocycles. The van der Waals surface area contributed by atoms with Crippen LogP contribution in [0.25, 0.3) is 0 Å². The number of carbonyl (C=O) groups is 1. The van der Waals surface area contributed by atoms with Gasteiger partial charge in [-0.05, 0) is 62.9 Å². The molecular weight excluding hydrogens is 296 g/mol. The molecule has 126 valence electrons. The summed E-state index contributed by atoms with van der Waals surface area (Å²) in [5.41, 5.74) is 2.56. The second kappa shape index (κ2) is 7.08. The molecule has 1 aliphatic heterocycles. The first-order chi connectivity index (χ1) is 11.6. The summed E-state index contributed by atoms with van der Waals surface area (Å²) in [4.78, 5) is 15.1. The lowest BCUT2D eigenvalue weighted by Gasteiger charge is -2.29. The van der Waals surface area contributed by atoms with Crippen molar-refractivity contribution in [3.63, 3.8) is 0 Å². The van der Waals surface area contributed by atoms with E-state index in [4.69, 9.17) is 0 Å². The third kappa shape index (κ3) is 3.61. The lowest BCUT2D eigenvalue weighted by atomic mass is 9.83. The van der Waals surface area contributed by atoms with Crippen LogP contribution in [0, 0.1) is 0 Å². The number of piperidine rings is 1. The van der Waals surface area contributed by atoms with Crippen molar-refractivity contribution in [2.24, 2.45) is 0 Å². The molecule has 0 bridgehead atoms. The maximum Gasteiger partial charge on any atom is 0.234 e. The molecule has 24 heavy (non-hydrogen) atoms. The summed E-state index contributed by atoms with van der Waals surface area (Å²) in [6.45, 7) is 6.18. The van der Waals surface area contributed by atoms with E-state index in [1.54, 1.807) is 0 Å². The summed E-state index contributed by atoms with van der Waals surface area (Å²) in [6.07, 6.45) is 3.87. The van der Waals surface area contributed by atoms with Crippen molar-refractivity contribution >= 4 is 17.3 Å². The van der Waals surface area contributed by atoms with Crippen molar-refractivity contribution in [1.29, 1.82) is 0 Å². The number of hydrogen-bond donors (Lipinski definition) is 1. The number of anilines is 2. The van der Waals surface area contributed by atoms with Gasteiger partial charge in [0.25, 0.3) is 0 Å². The van der Waals surface area contributed by atoms with Gasteiger partial charge in [0, 0.05) is 24.5 Å². The molecule has 0 atom stereocenters. The van der Waals surface area contributed by atoms with Gasteiger partial charge >= 0.3 is 0 Å². The van der Waals surface area contributed by atoms with Gasteiger partial charge in [0.15, 0.2) is 0 Å². The molecule has 1 amide bonds. The van der Waals surface area contributed by atoms with E-state index >= 15 is 0 Å². The Labute approximate surface area is 144 Å². The second-order valence-electron chi connectivity index (χ2n) is 7.04. The van der Waals surface area contributed by atoms with E-state index in [-0.39, 0.29) is 5.91 Å². The van der Waals surface area contributed by atoms with Crippen molar-refractivity contribution in [2.75, 3.05) is 23.3 Å². The minimum absolute atomic E-state index is 0.0134. The average molecular weight is 322 g/mol. The fourth-order valence-corrected chi connectivity index (χ4v) is 3.18. The molecular formula is C21H26N2O. The van der Waals surface area contributed by atoms with E-state index in [1.807, 2.05) is 56.3 Å². The van der Waals surface area contributed by atoms with Crippen LogP contribution in [-0.2, 0) is 10.2 Å². The highest BCUT2D eigenvalue weighted by Gasteiger charge is 2.29. The number of nitrogens with one attached hydrogen (secondary N) is 1. The molecule has 1 N–H and O–H groups in total. The molecule has 0 radical (unpaired) electrons. The maximum absolute atomic E-state index is 12.7. The number of carbonyl (C=O) groups excluding carboxylic acids is 1. The van der Waals surface area contributed by atoms with Crippen LogP contribution < -0.4 is 10.2 Å². The molecule has 1 saturated heterocycles. The zero-order valence-electron chi connectivity index (χ0n) is 14.6. The molecule has 3 heteroatoms. The fraction of sp³-hybridized carbons (Fsp3) is 0.381. The van der Waals surface area contributed by atoms with Crippen LogP contribution in [0.5, 0.6) is 0 Å². The minimum Gasteiger partial charge on any atom is -0.372 e. The average Bonchev–Trinajstić information content (AvgIpc) is 2.64. The smallest absolute Gasteiger partial charge is 0.234 e. The predicted molar refractivity (Wildman–Crippen MR) is 101 cm³/mol. The van der Waals surface area contributed by atoms with Crippen LogP contribution in [0.15, 0.2) is 54.6 Å². The van der Waals surface area contributed by atoms with E-state index in [1.165, 1.54) is 24.9 Å². The molecule has 2 aromatic rings. The summed E-state index contributed by atoms with van der Waals surface area (Å²) in [5.74, 6) is 0.0134. The van der Waals surface area contributed by atoms with Gasteiger partial charge in [0.1, 0.15) is 0 Å². The van der Waals surface area contributed by atoms with Gasteiger partial charge in [-0.25, -0.2) is 0 Å². The largest absolute Gasteiger partial charge is 0.372 e. The highest BCUT2D eigenvalue weighted by molar-refractivity contribution is 5.98. The Balaban J connectivity index is 1.68. The first-order valence-electron chi connectivity index (χ1n) is 8.79. The number of nitrogens with zero attached hydrogens (tertiary/aromatic N) is 1. The predicted octanol–water partition coefficient (Wildman–Crippen LogP) is 4.59. The summed E-state index contributed by atoms with van der Waals surface area (Å²) in [6, 6.07) is 18.1. The molecule has 0 saturated carbocycles. The Morgan fingerprint density at radius 2 is 1.54 bits per heavy atom. The van der Waals surface area contributed by atoms with Gasteiger partial charge in [0.05, 0.1) is 5.41 Å². The lowest BCUT2D eigenvalue weighted by Crippen LogP contribution is -2.34. The van der Waals surface area contributed by atoms with Crippen molar-refractivity contribution in [3.05, 3.63) is 60.2 Å². The normalized spacial score (nSPS) is 15.2. The molecule has 0 spiro atoms. The van der Waals surface area contributed by atoms with E-state index in [0.717, 1.165) is 24.3 Å². The van der Waals surface area contributed by atoms with Gasteiger partial charge in [-0.1, -0.05) is 30.3 Å². The van der Waals surface area contributed by atoms with Gasteiger partial charge < -0.3 is 10.2 Å². The first kappa shape index (κ1) is 16.6. The monoisotopic (exact) mass is 322 g/mol. The number of hydrogen-bond acceptors (Lipinski definition) is 2. The zero-order chi connectivity index (χ0) is 17.0. The molecule has 3 rings (SSSR count). The Hall–Kier alpha value is -2.29. The van der Waals surface area contributed by atoms with Crippen LogP contribution in [0.1, 0.15) is 38.7 Å². The Morgan fingerprint density at radius 3 is 2.17 bits per heavy atom. The quantitative estimate of drug-likeness (QED) is 0.892. The highest BCUT2D eigenvalue weighted by Crippen LogP contribution is 2.26. The van der Waals surface area contributed by atoms with Crippen LogP contribution in [0.4, 0.5) is 11.4 Å². The fourth-order valence-electron chi connectivity index (χ4n) is 3.18. The molecule has 1 heterocycles. The van der Waals surface area contributed by atoms with Crippen LogP contribution >= 0.6 is 0 Å². The summed E-state index contributed by atoms with van der Waals surface area (Å²) in [5, 5.41) is 3.05. The molecule has 0 aromatic heterocycles. The van der Waals surface area contributed by atoms with Crippen molar-refractivity contribution in [3.8, 4) is 0 Å². The minimum atomic E-state index is -0.563. The van der Waals surface area contributed by atoms with E-state index in [9.17, 15) is 4.79 Å². The first-order valence-corrected chi connectivity index (χ1v) is 8.79.